The van der Waals surface area contributed by atoms with E-state index in [1.165, 1.54) is 0 Å². The average Bonchev–Trinajstić information content (AvgIpc) is 2.36. The summed E-state index contributed by atoms with van der Waals surface area (Å²) < 4.78 is 5.44. The number of ether oxygens (including phenoxy) is 1. The number of carbonyl (C=O) groups is 1. The second kappa shape index (κ2) is 8.38. The summed E-state index contributed by atoms with van der Waals surface area (Å²) in [5.41, 5.74) is 0. The average molecular weight is 272 g/mol. The molecule has 2 amide bonds. The highest BCUT2D eigenvalue weighted by Crippen LogP contribution is 2.16. The van der Waals surface area contributed by atoms with E-state index in [4.69, 9.17) is 4.74 Å². The van der Waals surface area contributed by atoms with Gasteiger partial charge in [0.1, 0.15) is 0 Å². The number of nitrogens with zero attached hydrogens (tertiary/aromatic N) is 1. The number of hydrogen-bond donors (Lipinski definition) is 2. The van der Waals surface area contributed by atoms with Crippen LogP contribution in [0.1, 0.15) is 33.6 Å². The Balaban J connectivity index is 2.08. The molecule has 2 N–H and O–H groups in total. The van der Waals surface area contributed by atoms with Crippen molar-refractivity contribution in [1.29, 1.82) is 0 Å². The normalized spacial score (nSPS) is 23.7. The number of urea groups is 1. The summed E-state index contributed by atoms with van der Waals surface area (Å²) in [6.45, 7) is 9.31. The van der Waals surface area contributed by atoms with E-state index in [2.05, 4.69) is 19.2 Å². The van der Waals surface area contributed by atoms with Gasteiger partial charge >= 0.3 is 6.03 Å². The fraction of sp³-hybridized carbons (Fsp3) is 0.929. The third-order valence-electron chi connectivity index (χ3n) is 3.57. The minimum Gasteiger partial charge on any atom is -0.391 e. The van der Waals surface area contributed by atoms with Crippen LogP contribution in [0, 0.1) is 11.8 Å². The van der Waals surface area contributed by atoms with Gasteiger partial charge in [0.25, 0.3) is 0 Å². The maximum absolute atomic E-state index is 11.8. The molecule has 0 aromatic carbocycles. The zero-order chi connectivity index (χ0) is 14.3. The zero-order valence-corrected chi connectivity index (χ0v) is 12.4. The zero-order valence-electron chi connectivity index (χ0n) is 12.4. The summed E-state index contributed by atoms with van der Waals surface area (Å²) in [4.78, 5) is 13.5. The SMILES string of the molecule is CC(C)CCOCCNC(=O)N1CCC(C)C(O)C1. The first kappa shape index (κ1) is 16.2. The molecule has 0 aliphatic carbocycles. The van der Waals surface area contributed by atoms with Crippen LogP contribution in [0.4, 0.5) is 4.79 Å². The van der Waals surface area contributed by atoms with Gasteiger partial charge in [0.05, 0.1) is 12.7 Å². The Bertz CT molecular complexity index is 271. The molecule has 1 heterocycles. The molecule has 1 aliphatic rings. The van der Waals surface area contributed by atoms with Crippen LogP contribution in [-0.2, 0) is 4.74 Å². The van der Waals surface area contributed by atoms with E-state index in [1.54, 1.807) is 4.90 Å². The second-order valence-electron chi connectivity index (χ2n) is 5.81. The summed E-state index contributed by atoms with van der Waals surface area (Å²) in [5.74, 6) is 0.926. The van der Waals surface area contributed by atoms with Gasteiger partial charge in [-0.15, -0.1) is 0 Å². The number of carbonyl (C=O) groups excluding carboxylic acids is 1. The van der Waals surface area contributed by atoms with Gasteiger partial charge in [-0.1, -0.05) is 20.8 Å². The Morgan fingerprint density at radius 3 is 2.84 bits per heavy atom. The summed E-state index contributed by atoms with van der Waals surface area (Å²) in [6, 6.07) is -0.0987. The lowest BCUT2D eigenvalue weighted by Crippen LogP contribution is -2.50. The van der Waals surface area contributed by atoms with Crippen LogP contribution in [-0.4, -0.2) is 55.0 Å². The van der Waals surface area contributed by atoms with Gasteiger partial charge in [0.2, 0.25) is 0 Å². The first-order valence-corrected chi connectivity index (χ1v) is 7.29. The van der Waals surface area contributed by atoms with Crippen molar-refractivity contribution in [1.82, 2.24) is 10.2 Å². The fourth-order valence-corrected chi connectivity index (χ4v) is 2.00. The molecular weight excluding hydrogens is 244 g/mol. The second-order valence-corrected chi connectivity index (χ2v) is 5.81. The molecule has 1 rings (SSSR count). The fourth-order valence-electron chi connectivity index (χ4n) is 2.00. The molecule has 0 spiro atoms. The number of rotatable bonds is 6. The Labute approximate surface area is 116 Å². The Kier molecular flexibility index (Phi) is 7.16. The summed E-state index contributed by atoms with van der Waals surface area (Å²) in [5, 5.41) is 12.6. The van der Waals surface area contributed by atoms with Crippen molar-refractivity contribution in [3.8, 4) is 0 Å². The lowest BCUT2D eigenvalue weighted by molar-refractivity contribution is 0.0429. The lowest BCUT2D eigenvalue weighted by atomic mass is 9.96. The van der Waals surface area contributed by atoms with E-state index in [9.17, 15) is 9.90 Å². The Morgan fingerprint density at radius 2 is 2.21 bits per heavy atom. The van der Waals surface area contributed by atoms with Crippen LogP contribution in [0.15, 0.2) is 0 Å². The molecule has 0 aromatic heterocycles. The number of amides is 2. The standard InChI is InChI=1S/C14H28N2O3/c1-11(2)5-8-19-9-6-15-14(18)16-7-4-12(3)13(17)10-16/h11-13,17H,4-10H2,1-3H3,(H,15,18). The molecule has 2 atom stereocenters. The van der Waals surface area contributed by atoms with Gasteiger partial charge in [-0.3, -0.25) is 0 Å². The van der Waals surface area contributed by atoms with Crippen LogP contribution in [0.2, 0.25) is 0 Å². The van der Waals surface area contributed by atoms with Gasteiger partial charge in [-0.2, -0.15) is 0 Å². The van der Waals surface area contributed by atoms with Crippen molar-refractivity contribution in [2.45, 2.75) is 39.7 Å². The lowest BCUT2D eigenvalue weighted by Gasteiger charge is -2.34. The molecule has 1 saturated heterocycles. The predicted octanol–water partition coefficient (Wildman–Crippen LogP) is 1.46. The number of nitrogens with one attached hydrogen (secondary N) is 1. The van der Waals surface area contributed by atoms with Crippen LogP contribution < -0.4 is 5.32 Å². The Hall–Kier alpha value is -0.810. The molecule has 0 bridgehead atoms. The minimum absolute atomic E-state index is 0.0987. The van der Waals surface area contributed by atoms with Gasteiger partial charge in [-0.25, -0.2) is 4.79 Å². The smallest absolute Gasteiger partial charge is 0.317 e. The molecule has 112 valence electrons. The van der Waals surface area contributed by atoms with Crippen molar-refractivity contribution in [2.24, 2.45) is 11.8 Å². The quantitative estimate of drug-likeness (QED) is 0.720. The first-order chi connectivity index (χ1) is 9.00. The maximum Gasteiger partial charge on any atom is 0.317 e. The largest absolute Gasteiger partial charge is 0.391 e. The summed E-state index contributed by atoms with van der Waals surface area (Å²) >= 11 is 0. The van der Waals surface area contributed by atoms with Crippen LogP contribution in [0.25, 0.3) is 0 Å². The molecule has 0 radical (unpaired) electrons. The van der Waals surface area contributed by atoms with Gasteiger partial charge in [-0.05, 0) is 24.7 Å². The maximum atomic E-state index is 11.8. The third-order valence-corrected chi connectivity index (χ3v) is 3.57. The number of β-amino-alcohol motifs (C(OH)–C–C–N with tert-alkyl or cyclic N) is 1. The summed E-state index contributed by atoms with van der Waals surface area (Å²) in [7, 11) is 0. The molecule has 19 heavy (non-hydrogen) atoms. The van der Waals surface area contributed by atoms with Gasteiger partial charge < -0.3 is 20.1 Å². The van der Waals surface area contributed by atoms with Crippen LogP contribution in [0.5, 0.6) is 0 Å². The molecule has 1 aliphatic heterocycles. The molecule has 0 saturated carbocycles. The highest BCUT2D eigenvalue weighted by molar-refractivity contribution is 5.74. The number of aliphatic hydroxyl groups excluding tert-OH is 1. The monoisotopic (exact) mass is 272 g/mol. The third kappa shape index (κ3) is 6.25. The van der Waals surface area contributed by atoms with Crippen molar-refractivity contribution in [3.63, 3.8) is 0 Å². The van der Waals surface area contributed by atoms with Crippen molar-refractivity contribution in [2.75, 3.05) is 32.8 Å². The molecular formula is C14H28N2O3. The van der Waals surface area contributed by atoms with E-state index in [-0.39, 0.29) is 11.9 Å². The molecule has 2 unspecified atom stereocenters. The van der Waals surface area contributed by atoms with E-state index < -0.39 is 6.10 Å². The van der Waals surface area contributed by atoms with E-state index in [0.717, 1.165) is 26.0 Å². The highest BCUT2D eigenvalue weighted by atomic mass is 16.5. The predicted molar refractivity (Wildman–Crippen MR) is 75.0 cm³/mol. The number of piperidine rings is 1. The number of likely N-dealkylation sites (tertiary alicyclic amines) is 1. The molecule has 5 nitrogen and oxygen atoms in total. The molecule has 5 heteroatoms. The van der Waals surface area contributed by atoms with E-state index >= 15 is 0 Å². The highest BCUT2D eigenvalue weighted by Gasteiger charge is 2.26. The van der Waals surface area contributed by atoms with Crippen LogP contribution in [0.3, 0.4) is 0 Å². The first-order valence-electron chi connectivity index (χ1n) is 7.29. The van der Waals surface area contributed by atoms with Crippen LogP contribution >= 0.6 is 0 Å². The topological polar surface area (TPSA) is 61.8 Å². The van der Waals surface area contributed by atoms with Gasteiger partial charge in [0, 0.05) is 26.2 Å². The van der Waals surface area contributed by atoms with Crippen molar-refractivity contribution < 1.29 is 14.6 Å². The number of hydrogen-bond acceptors (Lipinski definition) is 3. The van der Waals surface area contributed by atoms with Crippen molar-refractivity contribution >= 4 is 6.03 Å². The van der Waals surface area contributed by atoms with Crippen molar-refractivity contribution in [3.05, 3.63) is 0 Å². The molecule has 1 fully saturated rings. The summed E-state index contributed by atoms with van der Waals surface area (Å²) in [6.07, 6.45) is 1.51. The van der Waals surface area contributed by atoms with Gasteiger partial charge in [0.15, 0.2) is 0 Å². The van der Waals surface area contributed by atoms with E-state index in [1.807, 2.05) is 6.92 Å². The number of aliphatic hydroxyl groups is 1. The minimum atomic E-state index is -0.401. The Morgan fingerprint density at radius 1 is 1.47 bits per heavy atom. The van der Waals surface area contributed by atoms with E-state index in [0.29, 0.717) is 25.6 Å². The molecule has 0 aromatic rings.